The van der Waals surface area contributed by atoms with E-state index in [9.17, 15) is 9.18 Å². The Morgan fingerprint density at radius 2 is 1.92 bits per heavy atom. The lowest BCUT2D eigenvalue weighted by Gasteiger charge is -2.25. The molecular weight excluding hydrogens is 343 g/mol. The summed E-state index contributed by atoms with van der Waals surface area (Å²) < 4.78 is 23.9. The van der Waals surface area contributed by atoms with E-state index in [1.165, 1.54) is 12.1 Å². The normalized spacial score (nSPS) is 16.6. The van der Waals surface area contributed by atoms with E-state index in [-0.39, 0.29) is 17.2 Å². The van der Waals surface area contributed by atoms with E-state index < -0.39 is 0 Å². The topological polar surface area (TPSA) is 50.8 Å². The van der Waals surface area contributed by atoms with Crippen LogP contribution in [0.15, 0.2) is 42.5 Å². The smallest absolute Gasteiger partial charge is 0.323 e. The molecule has 1 unspecified atom stereocenters. The third-order valence-corrected chi connectivity index (χ3v) is 5.15. The number of anilines is 1. The van der Waals surface area contributed by atoms with Gasteiger partial charge >= 0.3 is 6.03 Å². The Labute approximate surface area is 150 Å². The first-order chi connectivity index (χ1) is 12.1. The Hall–Kier alpha value is -2.41. The number of nitrogens with zero attached hydrogens (tertiary/aromatic N) is 1. The van der Waals surface area contributed by atoms with Crippen LogP contribution in [-0.2, 0) is 0 Å². The number of carbonyl (C=O) groups is 1. The number of urea groups is 1. The number of thioether (sulfide) groups is 1. The van der Waals surface area contributed by atoms with Crippen molar-refractivity contribution in [2.75, 3.05) is 31.8 Å². The van der Waals surface area contributed by atoms with Crippen molar-refractivity contribution in [1.29, 1.82) is 0 Å². The molecule has 2 aromatic carbocycles. The molecule has 0 aromatic heterocycles. The molecule has 1 aliphatic rings. The Kier molecular flexibility index (Phi) is 5.33. The largest absolute Gasteiger partial charge is 0.497 e. The van der Waals surface area contributed by atoms with Crippen LogP contribution in [0.4, 0.5) is 14.9 Å². The number of halogens is 1. The van der Waals surface area contributed by atoms with E-state index >= 15 is 0 Å². The van der Waals surface area contributed by atoms with E-state index in [1.807, 2.05) is 12.1 Å². The number of nitrogens with one attached hydrogen (secondary N) is 1. The van der Waals surface area contributed by atoms with Gasteiger partial charge in [-0.1, -0.05) is 6.07 Å². The Morgan fingerprint density at radius 3 is 2.56 bits per heavy atom. The number of methoxy groups -OCH3 is 2. The predicted octanol–water partition coefficient (Wildman–Crippen LogP) is 4.12. The van der Waals surface area contributed by atoms with Crippen molar-refractivity contribution in [3.8, 4) is 11.5 Å². The molecule has 2 amide bonds. The highest BCUT2D eigenvalue weighted by Crippen LogP contribution is 2.40. The van der Waals surface area contributed by atoms with Gasteiger partial charge in [0.25, 0.3) is 0 Å². The molecule has 5 nitrogen and oxygen atoms in total. The number of amides is 2. The zero-order chi connectivity index (χ0) is 17.8. The predicted molar refractivity (Wildman–Crippen MR) is 96.9 cm³/mol. The van der Waals surface area contributed by atoms with Gasteiger partial charge in [-0.2, -0.15) is 0 Å². The van der Waals surface area contributed by atoms with Crippen LogP contribution in [0.5, 0.6) is 11.5 Å². The second-order valence-electron chi connectivity index (χ2n) is 5.50. The van der Waals surface area contributed by atoms with Gasteiger partial charge < -0.3 is 19.7 Å². The van der Waals surface area contributed by atoms with E-state index in [2.05, 4.69) is 5.32 Å². The summed E-state index contributed by atoms with van der Waals surface area (Å²) in [7, 11) is 3.18. The number of hydrogen-bond donors (Lipinski definition) is 1. The van der Waals surface area contributed by atoms with Gasteiger partial charge in [-0.05, 0) is 35.9 Å². The summed E-state index contributed by atoms with van der Waals surface area (Å²) in [5, 5.41) is 2.60. The van der Waals surface area contributed by atoms with Crippen LogP contribution in [0.2, 0.25) is 0 Å². The van der Waals surface area contributed by atoms with Gasteiger partial charge in [-0.15, -0.1) is 11.8 Å². The fourth-order valence-electron chi connectivity index (χ4n) is 2.69. The van der Waals surface area contributed by atoms with E-state index in [0.29, 0.717) is 23.7 Å². The summed E-state index contributed by atoms with van der Waals surface area (Å²) in [4.78, 5) is 14.4. The lowest BCUT2D eigenvalue weighted by Crippen LogP contribution is -2.34. The summed E-state index contributed by atoms with van der Waals surface area (Å²) in [6.45, 7) is 0.607. The summed E-state index contributed by atoms with van der Waals surface area (Å²) in [6, 6.07) is 11.2. The Balaban J connectivity index is 1.81. The van der Waals surface area contributed by atoms with Gasteiger partial charge in [0.05, 0.1) is 14.2 Å². The lowest BCUT2D eigenvalue weighted by atomic mass is 10.2. The summed E-state index contributed by atoms with van der Waals surface area (Å²) in [5.41, 5.74) is 1.36. The fraction of sp³-hybridized carbons (Fsp3) is 0.278. The maximum Gasteiger partial charge on any atom is 0.323 e. The monoisotopic (exact) mass is 362 g/mol. The van der Waals surface area contributed by atoms with Crippen LogP contribution >= 0.6 is 11.8 Å². The molecule has 25 heavy (non-hydrogen) atoms. The van der Waals surface area contributed by atoms with Crippen molar-refractivity contribution in [2.24, 2.45) is 0 Å². The van der Waals surface area contributed by atoms with E-state index in [4.69, 9.17) is 9.47 Å². The van der Waals surface area contributed by atoms with Crippen LogP contribution < -0.4 is 14.8 Å². The van der Waals surface area contributed by atoms with Crippen LogP contribution in [0.25, 0.3) is 0 Å². The molecule has 3 rings (SSSR count). The minimum Gasteiger partial charge on any atom is -0.497 e. The van der Waals surface area contributed by atoms with Crippen molar-refractivity contribution in [3.05, 3.63) is 53.8 Å². The first kappa shape index (κ1) is 17.4. The van der Waals surface area contributed by atoms with Crippen molar-refractivity contribution in [2.45, 2.75) is 5.37 Å². The highest BCUT2D eigenvalue weighted by Gasteiger charge is 2.31. The number of benzene rings is 2. The summed E-state index contributed by atoms with van der Waals surface area (Å²) >= 11 is 1.66. The first-order valence-electron chi connectivity index (χ1n) is 7.78. The highest BCUT2D eigenvalue weighted by atomic mass is 32.2. The van der Waals surface area contributed by atoms with Crippen molar-refractivity contribution in [3.63, 3.8) is 0 Å². The minimum absolute atomic E-state index is 0.155. The molecule has 0 spiro atoms. The number of rotatable bonds is 4. The molecular formula is C18H19FN2O3S. The summed E-state index contributed by atoms with van der Waals surface area (Å²) in [5.74, 6) is 1.78. The standard InChI is InChI=1S/C18H19FN2O3S/c1-23-15-8-12(9-16(11-15)24-2)17-21(6-7-25-17)18(22)20-14-5-3-4-13(19)10-14/h3-5,8-11,17H,6-7H2,1-2H3,(H,20,22). The SMILES string of the molecule is COc1cc(OC)cc(C2SCCN2C(=O)Nc2cccc(F)c2)c1. The number of carbonyl (C=O) groups excluding carboxylic acids is 1. The average molecular weight is 362 g/mol. The second-order valence-corrected chi connectivity index (χ2v) is 6.69. The van der Waals surface area contributed by atoms with Gasteiger partial charge in [0.1, 0.15) is 22.7 Å². The average Bonchev–Trinajstić information content (AvgIpc) is 3.11. The molecule has 1 atom stereocenters. The maximum absolute atomic E-state index is 13.3. The quantitative estimate of drug-likeness (QED) is 0.889. The molecule has 0 bridgehead atoms. The molecule has 1 heterocycles. The van der Waals surface area contributed by atoms with Crippen molar-refractivity contribution < 1.29 is 18.7 Å². The molecule has 1 N–H and O–H groups in total. The lowest BCUT2D eigenvalue weighted by molar-refractivity contribution is 0.214. The Bertz CT molecular complexity index is 749. The zero-order valence-corrected chi connectivity index (χ0v) is 14.8. The molecule has 132 valence electrons. The van der Waals surface area contributed by atoms with Gasteiger partial charge in [0, 0.05) is 24.1 Å². The molecule has 1 saturated heterocycles. The Morgan fingerprint density at radius 1 is 1.20 bits per heavy atom. The van der Waals surface area contributed by atoms with Gasteiger partial charge in [-0.25, -0.2) is 9.18 Å². The zero-order valence-electron chi connectivity index (χ0n) is 14.0. The molecule has 2 aromatic rings. The molecule has 0 aliphatic carbocycles. The van der Waals surface area contributed by atoms with Crippen LogP contribution in [0.3, 0.4) is 0 Å². The third-order valence-electron chi connectivity index (χ3n) is 3.89. The fourth-order valence-corrected chi connectivity index (χ4v) is 3.92. The van der Waals surface area contributed by atoms with Crippen LogP contribution in [-0.4, -0.2) is 37.4 Å². The molecule has 0 radical (unpaired) electrons. The van der Waals surface area contributed by atoms with Gasteiger partial charge in [-0.3, -0.25) is 0 Å². The van der Waals surface area contributed by atoms with E-state index in [1.54, 1.807) is 49.1 Å². The van der Waals surface area contributed by atoms with E-state index in [0.717, 1.165) is 11.3 Å². The number of ether oxygens (including phenoxy) is 2. The van der Waals surface area contributed by atoms with Crippen LogP contribution in [0, 0.1) is 5.82 Å². The second kappa shape index (κ2) is 7.65. The van der Waals surface area contributed by atoms with Gasteiger partial charge in [0.2, 0.25) is 0 Å². The maximum atomic E-state index is 13.3. The third kappa shape index (κ3) is 3.99. The first-order valence-corrected chi connectivity index (χ1v) is 8.83. The van der Waals surface area contributed by atoms with Crippen molar-refractivity contribution >= 4 is 23.5 Å². The number of hydrogen-bond acceptors (Lipinski definition) is 4. The minimum atomic E-state index is -0.386. The molecule has 7 heteroatoms. The molecule has 1 fully saturated rings. The molecule has 1 aliphatic heterocycles. The molecule has 0 saturated carbocycles. The highest BCUT2D eigenvalue weighted by molar-refractivity contribution is 7.99. The van der Waals surface area contributed by atoms with Crippen molar-refractivity contribution in [1.82, 2.24) is 4.90 Å². The summed E-state index contributed by atoms with van der Waals surface area (Å²) in [6.07, 6.45) is 0. The van der Waals surface area contributed by atoms with Crippen LogP contribution in [0.1, 0.15) is 10.9 Å². The van der Waals surface area contributed by atoms with Gasteiger partial charge in [0.15, 0.2) is 0 Å².